The van der Waals surface area contributed by atoms with Crippen LogP contribution in [0.25, 0.3) is 0 Å². The molecule has 22 heavy (non-hydrogen) atoms. The van der Waals surface area contributed by atoms with Gasteiger partial charge in [0.25, 0.3) is 0 Å². The predicted molar refractivity (Wildman–Crippen MR) is 97.6 cm³/mol. The second kappa shape index (κ2) is 20.7. The lowest BCUT2D eigenvalue weighted by atomic mass is 10.0. The van der Waals surface area contributed by atoms with E-state index in [4.69, 9.17) is 10.5 Å². The summed E-state index contributed by atoms with van der Waals surface area (Å²) in [7, 11) is 0. The van der Waals surface area contributed by atoms with Crippen molar-refractivity contribution in [2.24, 2.45) is 5.73 Å². The van der Waals surface area contributed by atoms with Crippen molar-refractivity contribution in [2.45, 2.75) is 96.8 Å². The second-order valence-electron chi connectivity index (χ2n) is 6.00. The van der Waals surface area contributed by atoms with Gasteiger partial charge < -0.3 is 10.5 Å². The van der Waals surface area contributed by atoms with Gasteiger partial charge in [-0.3, -0.25) is 4.79 Å². The molecule has 0 spiro atoms. The topological polar surface area (TPSA) is 52.3 Å². The van der Waals surface area contributed by atoms with E-state index in [2.05, 4.69) is 6.92 Å². The van der Waals surface area contributed by atoms with Gasteiger partial charge in [0, 0.05) is 13.0 Å². The molecule has 0 aliphatic heterocycles. The van der Waals surface area contributed by atoms with E-state index in [0.29, 0.717) is 19.6 Å². The molecule has 0 aliphatic rings. The van der Waals surface area contributed by atoms with Crippen LogP contribution in [0.5, 0.6) is 0 Å². The maximum Gasteiger partial charge on any atom is 0.305 e. The highest BCUT2D eigenvalue weighted by molar-refractivity contribution is 5.85. The number of unbranched alkanes of at least 4 members (excludes halogenated alkanes) is 12. The first kappa shape index (κ1) is 24.0. The van der Waals surface area contributed by atoms with E-state index < -0.39 is 0 Å². The van der Waals surface area contributed by atoms with E-state index in [9.17, 15) is 4.79 Å². The molecule has 0 amide bonds. The summed E-state index contributed by atoms with van der Waals surface area (Å²) in [6.45, 7) is 3.05. The molecule has 0 saturated carbocycles. The SMILES string of the molecule is CCCCCCCCCCCCCCCC(=O)OCCN.Cl. The number of hydrogen-bond donors (Lipinski definition) is 1. The van der Waals surface area contributed by atoms with Gasteiger partial charge in [-0.1, -0.05) is 84.0 Å². The monoisotopic (exact) mass is 335 g/mol. The molecule has 0 rings (SSSR count). The summed E-state index contributed by atoms with van der Waals surface area (Å²) >= 11 is 0. The van der Waals surface area contributed by atoms with E-state index in [1.165, 1.54) is 70.6 Å². The molecule has 0 aliphatic carbocycles. The molecule has 0 aromatic heterocycles. The Labute approximate surface area is 144 Å². The molecule has 134 valence electrons. The smallest absolute Gasteiger partial charge is 0.305 e. The van der Waals surface area contributed by atoms with E-state index >= 15 is 0 Å². The molecule has 0 atom stereocenters. The minimum absolute atomic E-state index is 0. The fourth-order valence-electron chi connectivity index (χ4n) is 2.53. The lowest BCUT2D eigenvalue weighted by Gasteiger charge is -2.04. The van der Waals surface area contributed by atoms with Crippen molar-refractivity contribution < 1.29 is 9.53 Å². The highest BCUT2D eigenvalue weighted by Gasteiger charge is 2.01. The first-order valence-corrected chi connectivity index (χ1v) is 9.17. The lowest BCUT2D eigenvalue weighted by molar-refractivity contribution is -0.143. The Bertz CT molecular complexity index is 225. The minimum Gasteiger partial charge on any atom is -0.464 e. The molecular formula is C18H38ClNO2. The third kappa shape index (κ3) is 19.7. The van der Waals surface area contributed by atoms with Gasteiger partial charge in [0.05, 0.1) is 0 Å². The Hall–Kier alpha value is -0.280. The van der Waals surface area contributed by atoms with Crippen LogP contribution in [0.4, 0.5) is 0 Å². The number of nitrogens with two attached hydrogens (primary N) is 1. The van der Waals surface area contributed by atoms with Crippen LogP contribution in [-0.2, 0) is 9.53 Å². The molecule has 0 heterocycles. The van der Waals surface area contributed by atoms with Gasteiger partial charge in [0.2, 0.25) is 0 Å². The van der Waals surface area contributed by atoms with Crippen molar-refractivity contribution in [3.8, 4) is 0 Å². The molecule has 0 aromatic rings. The van der Waals surface area contributed by atoms with Crippen molar-refractivity contribution in [1.29, 1.82) is 0 Å². The number of hydrogen-bond acceptors (Lipinski definition) is 3. The summed E-state index contributed by atoms with van der Waals surface area (Å²) < 4.78 is 4.93. The zero-order valence-corrected chi connectivity index (χ0v) is 15.4. The Kier molecular flexibility index (Phi) is 22.6. The van der Waals surface area contributed by atoms with Crippen molar-refractivity contribution in [3.63, 3.8) is 0 Å². The maximum absolute atomic E-state index is 11.2. The number of carbonyl (C=O) groups excluding carboxylic acids is 1. The largest absolute Gasteiger partial charge is 0.464 e. The number of rotatable bonds is 16. The zero-order valence-electron chi connectivity index (χ0n) is 14.6. The summed E-state index contributed by atoms with van der Waals surface area (Å²) in [5, 5.41) is 0. The number of halogens is 1. The van der Waals surface area contributed by atoms with Crippen LogP contribution in [0.15, 0.2) is 0 Å². The first-order chi connectivity index (χ1) is 10.3. The van der Waals surface area contributed by atoms with Gasteiger partial charge in [0.1, 0.15) is 6.61 Å². The molecule has 0 saturated heterocycles. The number of carbonyl (C=O) groups is 1. The van der Waals surface area contributed by atoms with Gasteiger partial charge >= 0.3 is 5.97 Å². The molecule has 0 fully saturated rings. The minimum atomic E-state index is -0.0940. The average molecular weight is 336 g/mol. The molecule has 0 radical (unpaired) electrons. The second-order valence-corrected chi connectivity index (χ2v) is 6.00. The van der Waals surface area contributed by atoms with Crippen LogP contribution in [0.2, 0.25) is 0 Å². The summed E-state index contributed by atoms with van der Waals surface area (Å²) in [5.41, 5.74) is 5.27. The van der Waals surface area contributed by atoms with Crippen LogP contribution in [0.1, 0.15) is 96.8 Å². The van der Waals surface area contributed by atoms with Gasteiger partial charge in [-0.15, -0.1) is 12.4 Å². The molecule has 0 bridgehead atoms. The lowest BCUT2D eigenvalue weighted by Crippen LogP contribution is -2.13. The standard InChI is InChI=1S/C18H37NO2.ClH/c1-2-3-4-5-6-7-8-9-10-11-12-13-14-15-18(20)21-17-16-19;/h2-17,19H2,1H3;1H. The van der Waals surface area contributed by atoms with Gasteiger partial charge in [-0.2, -0.15) is 0 Å². The average Bonchev–Trinajstić information content (AvgIpc) is 2.49. The number of ether oxygens (including phenoxy) is 1. The van der Waals surface area contributed by atoms with Crippen molar-refractivity contribution in [1.82, 2.24) is 0 Å². The molecule has 3 nitrogen and oxygen atoms in total. The van der Waals surface area contributed by atoms with Crippen molar-refractivity contribution >= 4 is 18.4 Å². The molecule has 0 aromatic carbocycles. The predicted octanol–water partition coefficient (Wildman–Crippen LogP) is 5.39. The highest BCUT2D eigenvalue weighted by Crippen LogP contribution is 2.12. The summed E-state index contributed by atoms with van der Waals surface area (Å²) in [5.74, 6) is -0.0940. The fourth-order valence-corrected chi connectivity index (χ4v) is 2.53. The quantitative estimate of drug-likeness (QED) is 0.304. The van der Waals surface area contributed by atoms with Crippen molar-refractivity contribution in [3.05, 3.63) is 0 Å². The fraction of sp³-hybridized carbons (Fsp3) is 0.944. The maximum atomic E-state index is 11.2. The van der Waals surface area contributed by atoms with E-state index in [0.717, 1.165) is 12.8 Å². The van der Waals surface area contributed by atoms with Crippen LogP contribution < -0.4 is 5.73 Å². The molecule has 0 unspecified atom stereocenters. The van der Waals surface area contributed by atoms with E-state index in [-0.39, 0.29) is 18.4 Å². The van der Waals surface area contributed by atoms with Gasteiger partial charge in [-0.25, -0.2) is 0 Å². The van der Waals surface area contributed by atoms with E-state index in [1.54, 1.807) is 0 Å². The van der Waals surface area contributed by atoms with E-state index in [1.807, 2.05) is 0 Å². The van der Waals surface area contributed by atoms with Gasteiger partial charge in [-0.05, 0) is 6.42 Å². The summed E-state index contributed by atoms with van der Waals surface area (Å²) in [4.78, 5) is 11.2. The molecule has 2 N–H and O–H groups in total. The Morgan fingerprint density at radius 3 is 1.59 bits per heavy atom. The Morgan fingerprint density at radius 1 is 0.773 bits per heavy atom. The van der Waals surface area contributed by atoms with Crippen molar-refractivity contribution in [2.75, 3.05) is 13.2 Å². The first-order valence-electron chi connectivity index (χ1n) is 9.17. The Balaban J connectivity index is 0. The van der Waals surface area contributed by atoms with Gasteiger partial charge in [0.15, 0.2) is 0 Å². The summed E-state index contributed by atoms with van der Waals surface area (Å²) in [6, 6.07) is 0. The van der Waals surface area contributed by atoms with Crippen LogP contribution in [-0.4, -0.2) is 19.1 Å². The zero-order chi connectivity index (χ0) is 15.6. The number of esters is 1. The third-order valence-corrected chi connectivity index (χ3v) is 3.87. The van der Waals surface area contributed by atoms with Crippen LogP contribution in [0, 0.1) is 0 Å². The third-order valence-electron chi connectivity index (χ3n) is 3.87. The Morgan fingerprint density at radius 2 is 1.18 bits per heavy atom. The highest BCUT2D eigenvalue weighted by atomic mass is 35.5. The summed E-state index contributed by atoms with van der Waals surface area (Å²) in [6.07, 6.45) is 17.8. The normalized spacial score (nSPS) is 10.3. The molecular weight excluding hydrogens is 298 g/mol. The molecule has 4 heteroatoms. The van der Waals surface area contributed by atoms with Crippen LogP contribution in [0.3, 0.4) is 0 Å². The van der Waals surface area contributed by atoms with Crippen LogP contribution >= 0.6 is 12.4 Å².